The summed E-state index contributed by atoms with van der Waals surface area (Å²) in [4.78, 5) is 0. The molecule has 8 aromatic carbocycles. The monoisotopic (exact) mass is 560 g/mol. The second-order valence-corrected chi connectivity index (χ2v) is 10.0. The number of thiophene rings is 1. The van der Waals surface area contributed by atoms with Gasteiger partial charge in [0.15, 0.2) is 0 Å². The lowest BCUT2D eigenvalue weighted by molar-refractivity contribution is 1.70. The van der Waals surface area contributed by atoms with Gasteiger partial charge in [0.25, 0.3) is 0 Å². The molecule has 0 bridgehead atoms. The summed E-state index contributed by atoms with van der Waals surface area (Å²) in [6.07, 6.45) is 0. The number of hydrogen-bond acceptors (Lipinski definition) is 1. The Hall–Kier alpha value is -4.98. The van der Waals surface area contributed by atoms with Crippen molar-refractivity contribution < 1.29 is 32.9 Å². The van der Waals surface area contributed by atoms with E-state index in [1.807, 2.05) is 0 Å². The molecule has 0 amide bonds. The normalized spacial score (nSPS) is 20.1. The Morgan fingerprint density at radius 2 is 0.927 bits per heavy atom. The van der Waals surface area contributed by atoms with Crippen molar-refractivity contribution in [3.05, 3.63) is 145 Å². The van der Waals surface area contributed by atoms with Crippen LogP contribution in [0.4, 0.5) is 0 Å². The van der Waals surface area contributed by atoms with Gasteiger partial charge in [0, 0.05) is 20.2 Å². The SMILES string of the molecule is [2H]c1c([2H])c([2H])c2c(sc3c([2H])c(-c4c5c([2H])c([2H])c([2H])c([2H])c5c(-c5c([2H])c([2H])c([2H])c6c5c([2H])c([2H])c5c([2H])c([2H])c([2H])c([2H])c56)c5c([2H])c([2H])c([2H])c([2H])c45)c([2H])c([2H])c32)c1[2H]. The Morgan fingerprint density at radius 1 is 0.366 bits per heavy atom. The van der Waals surface area contributed by atoms with Crippen LogP contribution in [0.5, 0.6) is 0 Å². The second kappa shape index (κ2) is 8.76. The summed E-state index contributed by atoms with van der Waals surface area (Å²) in [6.45, 7) is 0. The van der Waals surface area contributed by atoms with Gasteiger partial charge in [-0.25, -0.2) is 0 Å². The standard InChI is InChI=1S/C40H24S/c1-2-11-27-25(10-1)20-22-29-28(27)17-9-18-32(29)40-35-15-5-3-13-33(35)39(34-14-4-6-16-36(34)40)26-21-23-31-30-12-7-8-19-37(30)41-38(31)24-26/h1-24H/i1D,2D,3D,4D,5D,6D,7D,8D,9D,10D,11D,12D,13D,14D,15D,16D,17D,18D,19D,20D,21D,22D,23D,24D. The summed E-state index contributed by atoms with van der Waals surface area (Å²) >= 11 is 0.675. The predicted octanol–water partition coefficient (Wildman–Crippen LogP) is 12.0. The smallest absolute Gasteiger partial charge is 0.0644 e. The molecule has 0 aliphatic rings. The molecule has 1 heterocycles. The van der Waals surface area contributed by atoms with Crippen LogP contribution in [0.2, 0.25) is 0 Å². The zero-order chi connectivity index (χ0) is 47.8. The molecule has 0 aliphatic heterocycles. The van der Waals surface area contributed by atoms with Crippen LogP contribution in [-0.2, 0) is 0 Å². The van der Waals surface area contributed by atoms with Gasteiger partial charge in [0.05, 0.1) is 32.9 Å². The fourth-order valence-corrected chi connectivity index (χ4v) is 6.14. The van der Waals surface area contributed by atoms with Gasteiger partial charge in [0.2, 0.25) is 0 Å². The van der Waals surface area contributed by atoms with Gasteiger partial charge in [-0.05, 0) is 77.4 Å². The topological polar surface area (TPSA) is 0 Å². The van der Waals surface area contributed by atoms with E-state index in [1.54, 1.807) is 0 Å². The highest BCUT2D eigenvalue weighted by molar-refractivity contribution is 7.25. The minimum absolute atomic E-state index is 0.0744. The maximum Gasteiger partial charge on any atom is 0.0644 e. The van der Waals surface area contributed by atoms with Gasteiger partial charge < -0.3 is 0 Å². The Kier molecular flexibility index (Phi) is 2.04. The van der Waals surface area contributed by atoms with E-state index in [-0.39, 0.29) is 20.2 Å². The first kappa shape index (κ1) is 9.55. The third-order valence-electron chi connectivity index (χ3n) is 6.89. The maximum atomic E-state index is 9.62. The summed E-state index contributed by atoms with van der Waals surface area (Å²) < 4.78 is 215. The van der Waals surface area contributed by atoms with Gasteiger partial charge >= 0.3 is 0 Å². The molecule has 9 rings (SSSR count). The van der Waals surface area contributed by atoms with E-state index in [0.29, 0.717) is 11.3 Å². The molecule has 0 saturated heterocycles. The first-order chi connectivity index (χ1) is 30.3. The van der Waals surface area contributed by atoms with Crippen LogP contribution in [-0.4, -0.2) is 0 Å². The van der Waals surface area contributed by atoms with Crippen molar-refractivity contribution in [2.45, 2.75) is 0 Å². The van der Waals surface area contributed by atoms with Crippen LogP contribution in [0.15, 0.2) is 145 Å². The molecule has 190 valence electrons. The van der Waals surface area contributed by atoms with Crippen LogP contribution in [0.1, 0.15) is 32.9 Å². The summed E-state index contributed by atoms with van der Waals surface area (Å²) in [5.74, 6) is 0. The Balaban J connectivity index is 1.65. The van der Waals surface area contributed by atoms with Crippen molar-refractivity contribution in [2.75, 3.05) is 0 Å². The number of benzene rings is 8. The summed E-state index contributed by atoms with van der Waals surface area (Å²) in [6, 6.07) is -19.4. The first-order valence-corrected chi connectivity index (χ1v) is 13.0. The van der Waals surface area contributed by atoms with Crippen molar-refractivity contribution >= 4 is 74.6 Å². The molecular formula is C40H24S. The van der Waals surface area contributed by atoms with Crippen molar-refractivity contribution in [2.24, 2.45) is 0 Å². The van der Waals surface area contributed by atoms with Gasteiger partial charge in [-0.2, -0.15) is 0 Å². The Bertz CT molecular complexity index is 3740. The van der Waals surface area contributed by atoms with Crippen molar-refractivity contribution in [3.8, 4) is 22.3 Å². The fraction of sp³-hybridized carbons (Fsp3) is 0. The molecule has 0 fully saturated rings. The molecule has 1 aromatic heterocycles. The molecule has 0 unspecified atom stereocenters. The highest BCUT2D eigenvalue weighted by Crippen LogP contribution is 2.46. The predicted molar refractivity (Wildman–Crippen MR) is 180 cm³/mol. The van der Waals surface area contributed by atoms with Gasteiger partial charge in [0.1, 0.15) is 0 Å². The molecule has 0 atom stereocenters. The fourth-order valence-electron chi connectivity index (χ4n) is 5.17. The van der Waals surface area contributed by atoms with E-state index in [9.17, 15) is 12.3 Å². The van der Waals surface area contributed by atoms with Crippen LogP contribution >= 0.6 is 11.3 Å². The maximum absolute atomic E-state index is 9.62. The average molecular weight is 561 g/mol. The number of hydrogen-bond donors (Lipinski definition) is 0. The lowest BCUT2D eigenvalue weighted by atomic mass is 9.84. The first-order valence-electron chi connectivity index (χ1n) is 24.2. The zero-order valence-corrected chi connectivity index (χ0v) is 21.2. The molecule has 0 spiro atoms. The van der Waals surface area contributed by atoms with Crippen LogP contribution in [0, 0.1) is 0 Å². The largest absolute Gasteiger partial charge is 0.135 e. The molecule has 0 aliphatic carbocycles. The van der Waals surface area contributed by atoms with Gasteiger partial charge in [-0.1, -0.05) is 133 Å². The van der Waals surface area contributed by atoms with E-state index in [1.165, 1.54) is 0 Å². The number of fused-ring (bicyclic) bond motifs is 8. The third-order valence-corrected chi connectivity index (χ3v) is 7.91. The Labute approximate surface area is 275 Å². The van der Waals surface area contributed by atoms with Crippen LogP contribution < -0.4 is 0 Å². The molecule has 0 N–H and O–H groups in total. The minimum atomic E-state index is -0.937. The van der Waals surface area contributed by atoms with Crippen molar-refractivity contribution in [1.29, 1.82) is 0 Å². The lowest BCUT2D eigenvalue weighted by Gasteiger charge is -2.19. The van der Waals surface area contributed by atoms with Crippen LogP contribution in [0.3, 0.4) is 0 Å². The van der Waals surface area contributed by atoms with Crippen LogP contribution in [0.25, 0.3) is 85.5 Å². The number of rotatable bonds is 2. The van der Waals surface area contributed by atoms with E-state index >= 15 is 0 Å². The Morgan fingerprint density at radius 3 is 1.68 bits per heavy atom. The summed E-state index contributed by atoms with van der Waals surface area (Å²) in [5, 5.41) is -5.06. The second-order valence-electron chi connectivity index (χ2n) is 9.01. The van der Waals surface area contributed by atoms with Crippen molar-refractivity contribution in [1.82, 2.24) is 0 Å². The van der Waals surface area contributed by atoms with E-state index in [4.69, 9.17) is 20.6 Å². The molecule has 1 heteroatoms. The van der Waals surface area contributed by atoms with E-state index in [2.05, 4.69) is 0 Å². The van der Waals surface area contributed by atoms with E-state index < -0.39 is 210 Å². The molecular weight excluding hydrogens is 513 g/mol. The quantitative estimate of drug-likeness (QED) is 0.146. The third kappa shape index (κ3) is 3.33. The molecule has 9 aromatic rings. The molecule has 0 nitrogen and oxygen atoms in total. The summed E-state index contributed by atoms with van der Waals surface area (Å²) in [7, 11) is 0. The molecule has 0 radical (unpaired) electrons. The summed E-state index contributed by atoms with van der Waals surface area (Å²) in [5.41, 5.74) is -2.49. The molecule has 0 saturated carbocycles. The minimum Gasteiger partial charge on any atom is -0.135 e. The molecule has 41 heavy (non-hydrogen) atoms. The highest BCUT2D eigenvalue weighted by atomic mass is 32.1. The van der Waals surface area contributed by atoms with E-state index in [0.717, 1.165) is 0 Å². The van der Waals surface area contributed by atoms with Crippen molar-refractivity contribution in [3.63, 3.8) is 0 Å². The van der Waals surface area contributed by atoms with Gasteiger partial charge in [-0.3, -0.25) is 0 Å². The highest BCUT2D eigenvalue weighted by Gasteiger charge is 2.18. The average Bonchev–Trinajstić information content (AvgIpc) is 3.69. The zero-order valence-electron chi connectivity index (χ0n) is 44.4. The van der Waals surface area contributed by atoms with Gasteiger partial charge in [-0.15, -0.1) is 11.3 Å². The lowest BCUT2D eigenvalue weighted by Crippen LogP contribution is -1.91.